The van der Waals surface area contributed by atoms with Gasteiger partial charge in [-0.1, -0.05) is 0 Å². The van der Waals surface area contributed by atoms with Crippen LogP contribution in [0.1, 0.15) is 28.8 Å². The van der Waals surface area contributed by atoms with Crippen LogP contribution in [0.4, 0.5) is 13.2 Å². The molecule has 1 amide bonds. The topological polar surface area (TPSA) is 20.3 Å². The predicted molar refractivity (Wildman–Crippen MR) is 73.9 cm³/mol. The number of benzene rings is 1. The quantitative estimate of drug-likeness (QED) is 0.675. The largest absolute Gasteiger partial charge is 0.416 e. The van der Waals surface area contributed by atoms with Gasteiger partial charge < -0.3 is 4.90 Å². The number of amides is 1. The number of carbonyl (C=O) groups is 1. The van der Waals surface area contributed by atoms with E-state index >= 15 is 0 Å². The third-order valence-corrected chi connectivity index (χ3v) is 4.22. The summed E-state index contributed by atoms with van der Waals surface area (Å²) in [6.07, 6.45) is -2.89. The van der Waals surface area contributed by atoms with Crippen LogP contribution in [0.15, 0.2) is 22.7 Å². The summed E-state index contributed by atoms with van der Waals surface area (Å²) in [6.45, 7) is 0.883. The zero-order valence-corrected chi connectivity index (χ0v) is 12.7. The normalized spacial score (nSPS) is 20.1. The highest BCUT2D eigenvalue weighted by Crippen LogP contribution is 2.32. The lowest BCUT2D eigenvalue weighted by atomic mass is 10.1. The summed E-state index contributed by atoms with van der Waals surface area (Å²) in [6, 6.07) is 3.07. The Labute approximate surface area is 128 Å². The van der Waals surface area contributed by atoms with Gasteiger partial charge in [0, 0.05) is 17.6 Å². The monoisotopic (exact) mass is 369 g/mol. The molecule has 0 radical (unpaired) electrons. The van der Waals surface area contributed by atoms with Gasteiger partial charge in [-0.25, -0.2) is 0 Å². The van der Waals surface area contributed by atoms with Gasteiger partial charge >= 0.3 is 6.18 Å². The number of alkyl halides is 4. The summed E-state index contributed by atoms with van der Waals surface area (Å²) in [7, 11) is 0. The van der Waals surface area contributed by atoms with Gasteiger partial charge in [0.1, 0.15) is 0 Å². The Morgan fingerprint density at radius 2 is 2.10 bits per heavy atom. The average molecular weight is 371 g/mol. The Balaban J connectivity index is 2.29. The zero-order chi connectivity index (χ0) is 14.9. The number of rotatable bonds is 1. The van der Waals surface area contributed by atoms with E-state index in [2.05, 4.69) is 15.9 Å². The Kier molecular flexibility index (Phi) is 4.64. The Morgan fingerprint density at radius 1 is 1.40 bits per heavy atom. The highest BCUT2D eigenvalue weighted by Gasteiger charge is 2.32. The fourth-order valence-corrected chi connectivity index (χ4v) is 2.88. The number of likely N-dealkylation sites (tertiary alicyclic amines) is 1. The van der Waals surface area contributed by atoms with Crippen LogP contribution in [0.3, 0.4) is 0 Å². The molecule has 1 aliphatic heterocycles. The van der Waals surface area contributed by atoms with E-state index in [4.69, 9.17) is 11.6 Å². The maximum Gasteiger partial charge on any atom is 0.416 e. The summed E-state index contributed by atoms with van der Waals surface area (Å²) in [5, 5.41) is -0.141. The lowest BCUT2D eigenvalue weighted by Crippen LogP contribution is -2.40. The molecule has 0 bridgehead atoms. The molecule has 1 fully saturated rings. The summed E-state index contributed by atoms with van der Waals surface area (Å²) in [5.41, 5.74) is -0.811. The van der Waals surface area contributed by atoms with Crippen molar-refractivity contribution < 1.29 is 18.0 Å². The third-order valence-electron chi connectivity index (χ3n) is 3.18. The minimum absolute atomic E-state index is 0.0191. The Hall–Kier alpha value is -0.750. The number of halogens is 5. The van der Waals surface area contributed by atoms with E-state index in [-0.39, 0.29) is 10.9 Å². The first-order chi connectivity index (χ1) is 9.29. The van der Waals surface area contributed by atoms with E-state index in [1.165, 1.54) is 11.0 Å². The Bertz CT molecular complexity index is 521. The first-order valence-electron chi connectivity index (χ1n) is 6.09. The van der Waals surface area contributed by atoms with Crippen molar-refractivity contribution in [2.45, 2.75) is 24.4 Å². The molecule has 1 saturated heterocycles. The minimum atomic E-state index is -4.47. The van der Waals surface area contributed by atoms with Crippen LogP contribution in [0.2, 0.25) is 0 Å². The average Bonchev–Trinajstić information content (AvgIpc) is 2.37. The fraction of sp³-hybridized carbons (Fsp3) is 0.462. The second-order valence-electron chi connectivity index (χ2n) is 4.68. The summed E-state index contributed by atoms with van der Waals surface area (Å²) < 4.78 is 38.5. The van der Waals surface area contributed by atoms with Crippen molar-refractivity contribution in [2.75, 3.05) is 13.1 Å². The second-order valence-corrected chi connectivity index (χ2v) is 6.15. The maximum absolute atomic E-state index is 12.7. The highest BCUT2D eigenvalue weighted by atomic mass is 79.9. The number of nitrogens with zero attached hydrogens (tertiary/aromatic N) is 1. The summed E-state index contributed by atoms with van der Waals surface area (Å²) >= 11 is 9.13. The lowest BCUT2D eigenvalue weighted by Gasteiger charge is -2.30. The van der Waals surface area contributed by atoms with E-state index in [9.17, 15) is 18.0 Å². The maximum atomic E-state index is 12.7. The zero-order valence-electron chi connectivity index (χ0n) is 10.4. The summed E-state index contributed by atoms with van der Waals surface area (Å²) in [5.74, 6) is -0.423. The Morgan fingerprint density at radius 3 is 2.70 bits per heavy atom. The number of hydrogen-bond acceptors (Lipinski definition) is 1. The molecule has 1 aromatic rings. The van der Waals surface area contributed by atoms with Gasteiger partial charge in [0.25, 0.3) is 5.91 Å². The van der Waals surface area contributed by atoms with E-state index in [1.807, 2.05) is 0 Å². The van der Waals surface area contributed by atoms with Crippen molar-refractivity contribution in [1.82, 2.24) is 4.90 Å². The standard InChI is InChI=1S/C13H12BrClF3NO/c14-11-4-3-8(13(16,17)18)6-10(11)12(20)19-5-1-2-9(15)7-19/h3-4,6,9H,1-2,5,7H2. The SMILES string of the molecule is O=C(c1cc(C(F)(F)F)ccc1Br)N1CCCC(Cl)C1. The smallest absolute Gasteiger partial charge is 0.337 e. The molecule has 0 saturated carbocycles. The van der Waals surface area contributed by atoms with Crippen LogP contribution in [0.5, 0.6) is 0 Å². The van der Waals surface area contributed by atoms with E-state index in [0.717, 1.165) is 25.0 Å². The summed E-state index contributed by atoms with van der Waals surface area (Å²) in [4.78, 5) is 13.8. The highest BCUT2D eigenvalue weighted by molar-refractivity contribution is 9.10. The van der Waals surface area contributed by atoms with Gasteiger partial charge in [-0.3, -0.25) is 4.79 Å². The minimum Gasteiger partial charge on any atom is -0.337 e. The number of carbonyl (C=O) groups excluding carboxylic acids is 1. The molecule has 1 aliphatic rings. The van der Waals surface area contributed by atoms with Crippen molar-refractivity contribution >= 4 is 33.4 Å². The van der Waals surface area contributed by atoms with Crippen LogP contribution in [-0.4, -0.2) is 29.3 Å². The molecule has 0 spiro atoms. The van der Waals surface area contributed by atoms with Gasteiger partial charge in [-0.2, -0.15) is 13.2 Å². The molecule has 0 N–H and O–H groups in total. The van der Waals surface area contributed by atoms with Gasteiger partial charge in [0.15, 0.2) is 0 Å². The molecular formula is C13H12BrClF3NO. The fourth-order valence-electron chi connectivity index (χ4n) is 2.15. The van der Waals surface area contributed by atoms with E-state index in [0.29, 0.717) is 17.6 Å². The molecule has 0 aliphatic carbocycles. The van der Waals surface area contributed by atoms with Crippen LogP contribution in [0.25, 0.3) is 0 Å². The molecule has 1 heterocycles. The molecule has 110 valence electrons. The van der Waals surface area contributed by atoms with Crippen LogP contribution < -0.4 is 0 Å². The first-order valence-corrected chi connectivity index (χ1v) is 7.32. The third kappa shape index (κ3) is 3.47. The molecular weight excluding hydrogens is 359 g/mol. The molecule has 2 nitrogen and oxygen atoms in total. The first kappa shape index (κ1) is 15.6. The van der Waals surface area contributed by atoms with Gasteiger partial charge in [0.05, 0.1) is 16.5 Å². The molecule has 20 heavy (non-hydrogen) atoms. The van der Waals surface area contributed by atoms with Crippen molar-refractivity contribution in [2.24, 2.45) is 0 Å². The molecule has 0 aromatic heterocycles. The van der Waals surface area contributed by atoms with E-state index < -0.39 is 17.6 Å². The van der Waals surface area contributed by atoms with Gasteiger partial charge in [-0.15, -0.1) is 11.6 Å². The molecule has 7 heteroatoms. The van der Waals surface area contributed by atoms with Crippen molar-refractivity contribution in [3.8, 4) is 0 Å². The predicted octanol–water partition coefficient (Wildman–Crippen LogP) is 4.31. The van der Waals surface area contributed by atoms with Crippen LogP contribution in [-0.2, 0) is 6.18 Å². The molecule has 2 rings (SSSR count). The number of hydrogen-bond donors (Lipinski definition) is 0. The number of piperidine rings is 1. The van der Waals surface area contributed by atoms with Crippen LogP contribution in [0, 0.1) is 0 Å². The van der Waals surface area contributed by atoms with E-state index in [1.54, 1.807) is 0 Å². The second kappa shape index (κ2) is 5.93. The molecule has 1 unspecified atom stereocenters. The molecule has 1 aromatic carbocycles. The van der Waals surface area contributed by atoms with Gasteiger partial charge in [0.2, 0.25) is 0 Å². The van der Waals surface area contributed by atoms with Crippen molar-refractivity contribution in [3.05, 3.63) is 33.8 Å². The molecule has 1 atom stereocenters. The van der Waals surface area contributed by atoms with Gasteiger partial charge in [-0.05, 0) is 47.0 Å². The lowest BCUT2D eigenvalue weighted by molar-refractivity contribution is -0.137. The van der Waals surface area contributed by atoms with Crippen LogP contribution >= 0.6 is 27.5 Å². The van der Waals surface area contributed by atoms with Crippen molar-refractivity contribution in [3.63, 3.8) is 0 Å². The van der Waals surface area contributed by atoms with Crippen molar-refractivity contribution in [1.29, 1.82) is 0 Å².